The number of hydrogen-bond acceptors (Lipinski definition) is 6. The lowest BCUT2D eigenvalue weighted by atomic mass is 9.98. The molecule has 0 saturated carbocycles. The Hall–Kier alpha value is -3.98. The summed E-state index contributed by atoms with van der Waals surface area (Å²) in [5.41, 5.74) is 5.44. The quantitative estimate of drug-likeness (QED) is 0.447. The number of thioether (sulfide) groups is 1. The third kappa shape index (κ3) is 5.47. The van der Waals surface area contributed by atoms with Crippen LogP contribution in [0.2, 0.25) is 0 Å². The Morgan fingerprint density at radius 3 is 2.50 bits per heavy atom. The van der Waals surface area contributed by atoms with Crippen LogP contribution in [-0.4, -0.2) is 40.1 Å². The van der Waals surface area contributed by atoms with Gasteiger partial charge in [-0.2, -0.15) is 10.1 Å². The number of nitrogens with zero attached hydrogens (tertiary/aromatic N) is 3. The maximum absolute atomic E-state index is 13.5. The fourth-order valence-corrected chi connectivity index (χ4v) is 5.45. The van der Waals surface area contributed by atoms with Crippen LogP contribution in [0.1, 0.15) is 41.1 Å². The number of aryl methyl sites for hydroxylation is 2. The largest absolute Gasteiger partial charge is 0.497 e. The molecular formula is C29H27FN4O3S. The van der Waals surface area contributed by atoms with Crippen LogP contribution >= 0.6 is 11.8 Å². The van der Waals surface area contributed by atoms with Gasteiger partial charge in [0.1, 0.15) is 16.8 Å². The van der Waals surface area contributed by atoms with Crippen LogP contribution in [0.5, 0.6) is 5.75 Å². The number of aliphatic imine (C=N–C) groups is 1. The summed E-state index contributed by atoms with van der Waals surface area (Å²) in [7, 11) is 1.61. The smallest absolute Gasteiger partial charge is 0.262 e. The van der Waals surface area contributed by atoms with E-state index < -0.39 is 5.25 Å². The van der Waals surface area contributed by atoms with E-state index in [1.807, 2.05) is 56.3 Å². The van der Waals surface area contributed by atoms with Gasteiger partial charge < -0.3 is 10.1 Å². The van der Waals surface area contributed by atoms with Crippen molar-refractivity contribution >= 4 is 40.1 Å². The molecule has 1 N–H and O–H groups in total. The first-order valence-electron chi connectivity index (χ1n) is 12.2. The van der Waals surface area contributed by atoms with Gasteiger partial charge in [0, 0.05) is 18.5 Å². The highest BCUT2D eigenvalue weighted by atomic mass is 32.2. The molecule has 0 saturated heterocycles. The van der Waals surface area contributed by atoms with Crippen molar-refractivity contribution in [1.29, 1.82) is 0 Å². The summed E-state index contributed by atoms with van der Waals surface area (Å²) >= 11 is 1.24. The van der Waals surface area contributed by atoms with Gasteiger partial charge in [0.25, 0.3) is 5.91 Å². The van der Waals surface area contributed by atoms with Crippen molar-refractivity contribution in [1.82, 2.24) is 5.01 Å². The average molecular weight is 531 g/mol. The zero-order valence-corrected chi connectivity index (χ0v) is 22.1. The molecule has 0 spiro atoms. The third-order valence-corrected chi connectivity index (χ3v) is 7.82. The first kappa shape index (κ1) is 25.7. The number of nitrogens with one attached hydrogen (secondary N) is 1. The van der Waals surface area contributed by atoms with Crippen LogP contribution in [0.3, 0.4) is 0 Å². The van der Waals surface area contributed by atoms with E-state index in [1.54, 1.807) is 24.3 Å². The highest BCUT2D eigenvalue weighted by molar-refractivity contribution is 8.15. The second kappa shape index (κ2) is 10.8. The van der Waals surface area contributed by atoms with E-state index >= 15 is 0 Å². The van der Waals surface area contributed by atoms with Gasteiger partial charge in [-0.05, 0) is 72.5 Å². The SMILES string of the molecule is COc1ccc([C@@H]2CC(c3ccc(F)cc3)=NN2C2=NC(=O)[C@H](CC(=O)Nc3ccc(C)c(C)c3)S2)cc1. The van der Waals surface area contributed by atoms with Gasteiger partial charge in [0.2, 0.25) is 5.91 Å². The molecule has 2 aliphatic heterocycles. The molecule has 0 aliphatic carbocycles. The van der Waals surface area contributed by atoms with Crippen LogP contribution in [0.4, 0.5) is 10.1 Å². The molecule has 2 aliphatic rings. The number of benzene rings is 3. The highest BCUT2D eigenvalue weighted by Crippen LogP contribution is 2.39. The maximum atomic E-state index is 13.5. The number of rotatable bonds is 6. The monoisotopic (exact) mass is 530 g/mol. The molecule has 2 amide bonds. The Morgan fingerprint density at radius 2 is 1.82 bits per heavy atom. The van der Waals surface area contributed by atoms with Crippen LogP contribution in [0.25, 0.3) is 0 Å². The molecule has 7 nitrogen and oxygen atoms in total. The molecule has 0 unspecified atom stereocenters. The first-order chi connectivity index (χ1) is 18.3. The summed E-state index contributed by atoms with van der Waals surface area (Å²) in [6.07, 6.45) is 0.544. The molecule has 0 radical (unpaired) electrons. The molecule has 3 aromatic rings. The Balaban J connectivity index is 1.34. The lowest BCUT2D eigenvalue weighted by molar-refractivity contribution is -0.121. The number of carbonyl (C=O) groups excluding carboxylic acids is 2. The Labute approximate surface area is 224 Å². The second-order valence-corrected chi connectivity index (χ2v) is 10.5. The molecule has 0 fully saturated rings. The van der Waals surface area contributed by atoms with E-state index in [-0.39, 0.29) is 30.1 Å². The molecule has 2 atom stereocenters. The number of amidine groups is 1. The molecule has 0 aromatic heterocycles. The summed E-state index contributed by atoms with van der Waals surface area (Å²) in [5, 5.41) is 9.22. The van der Waals surface area contributed by atoms with Crippen LogP contribution in [0, 0.1) is 19.7 Å². The normalized spacial score (nSPS) is 18.8. The summed E-state index contributed by atoms with van der Waals surface area (Å²) < 4.78 is 18.8. The molecule has 3 aromatic carbocycles. The number of anilines is 1. The van der Waals surface area contributed by atoms with E-state index in [4.69, 9.17) is 9.84 Å². The predicted molar refractivity (Wildman–Crippen MR) is 148 cm³/mol. The maximum Gasteiger partial charge on any atom is 0.262 e. The zero-order valence-electron chi connectivity index (χ0n) is 21.3. The molecule has 2 heterocycles. The summed E-state index contributed by atoms with van der Waals surface area (Å²) in [6.45, 7) is 3.99. The average Bonchev–Trinajstić information content (AvgIpc) is 3.50. The number of halogens is 1. The van der Waals surface area contributed by atoms with Crippen molar-refractivity contribution in [2.24, 2.45) is 10.1 Å². The van der Waals surface area contributed by atoms with Crippen LogP contribution < -0.4 is 10.1 Å². The Morgan fingerprint density at radius 1 is 1.08 bits per heavy atom. The van der Waals surface area contributed by atoms with Crippen LogP contribution in [0.15, 0.2) is 76.8 Å². The van der Waals surface area contributed by atoms with Gasteiger partial charge in [0.05, 0.1) is 18.9 Å². The minimum Gasteiger partial charge on any atom is -0.497 e. The minimum atomic E-state index is -0.641. The molecule has 38 heavy (non-hydrogen) atoms. The lowest BCUT2D eigenvalue weighted by Gasteiger charge is -2.23. The van der Waals surface area contributed by atoms with Crippen molar-refractivity contribution in [2.75, 3.05) is 12.4 Å². The van der Waals surface area contributed by atoms with Gasteiger partial charge in [0.15, 0.2) is 5.17 Å². The van der Waals surface area contributed by atoms with E-state index in [0.29, 0.717) is 17.3 Å². The summed E-state index contributed by atoms with van der Waals surface area (Å²) in [5.74, 6) is -0.201. The topological polar surface area (TPSA) is 83.4 Å². The first-order valence-corrected chi connectivity index (χ1v) is 13.1. The van der Waals surface area contributed by atoms with Crippen molar-refractivity contribution in [3.05, 3.63) is 94.8 Å². The van der Waals surface area contributed by atoms with Crippen molar-refractivity contribution in [3.8, 4) is 5.75 Å². The number of ether oxygens (including phenoxy) is 1. The zero-order chi connectivity index (χ0) is 26.8. The molecular weight excluding hydrogens is 503 g/mol. The van der Waals surface area contributed by atoms with Gasteiger partial charge in [-0.25, -0.2) is 9.40 Å². The van der Waals surface area contributed by atoms with Crippen LogP contribution in [-0.2, 0) is 9.59 Å². The Kier molecular flexibility index (Phi) is 7.28. The van der Waals surface area contributed by atoms with E-state index in [9.17, 15) is 14.0 Å². The second-order valence-electron chi connectivity index (χ2n) is 9.28. The molecule has 194 valence electrons. The predicted octanol–water partition coefficient (Wildman–Crippen LogP) is 5.63. The molecule has 9 heteroatoms. The summed E-state index contributed by atoms with van der Waals surface area (Å²) in [4.78, 5) is 29.8. The standard InChI is InChI=1S/C29H27FN4O3S/c1-17-4-11-22(14-18(17)2)31-27(35)16-26-28(36)32-29(38-26)34-25(20-7-12-23(37-3)13-8-20)15-24(33-34)19-5-9-21(30)10-6-19/h4-14,25-26H,15-16H2,1-3H3,(H,31,35)/t25-,26-/m0/s1. The van der Waals surface area contributed by atoms with Gasteiger partial charge in [-0.3, -0.25) is 9.59 Å². The fraction of sp³-hybridized carbons (Fsp3) is 0.241. The number of methoxy groups -OCH3 is 1. The summed E-state index contributed by atoms with van der Waals surface area (Å²) in [6, 6.07) is 19.3. The number of amides is 2. The van der Waals surface area contributed by atoms with Crippen molar-refractivity contribution in [2.45, 2.75) is 38.0 Å². The third-order valence-electron chi connectivity index (χ3n) is 6.67. The Bertz CT molecular complexity index is 1440. The number of hydrazone groups is 1. The lowest BCUT2D eigenvalue weighted by Crippen LogP contribution is -2.25. The van der Waals surface area contributed by atoms with Crippen molar-refractivity contribution in [3.63, 3.8) is 0 Å². The fourth-order valence-electron chi connectivity index (χ4n) is 4.39. The van der Waals surface area contributed by atoms with Gasteiger partial charge in [-0.15, -0.1) is 0 Å². The number of hydrogen-bond donors (Lipinski definition) is 1. The molecule has 5 rings (SSSR count). The molecule has 0 bridgehead atoms. The number of carbonyl (C=O) groups is 2. The van der Waals surface area contributed by atoms with E-state index in [1.165, 1.54) is 23.9 Å². The van der Waals surface area contributed by atoms with E-state index in [0.717, 1.165) is 33.7 Å². The van der Waals surface area contributed by atoms with Crippen molar-refractivity contribution < 1.29 is 18.7 Å². The minimum absolute atomic E-state index is 0.000992. The van der Waals surface area contributed by atoms with E-state index in [2.05, 4.69) is 10.3 Å². The van der Waals surface area contributed by atoms with Gasteiger partial charge >= 0.3 is 0 Å². The van der Waals surface area contributed by atoms with Gasteiger partial charge in [-0.1, -0.05) is 42.1 Å². The highest BCUT2D eigenvalue weighted by Gasteiger charge is 2.39.